The van der Waals surface area contributed by atoms with Crippen molar-refractivity contribution < 1.29 is 12.8 Å². The first kappa shape index (κ1) is 13.9. The Kier molecular flexibility index (Phi) is 3.36. The molecule has 0 saturated carbocycles. The van der Waals surface area contributed by atoms with Crippen LogP contribution in [0.3, 0.4) is 0 Å². The van der Waals surface area contributed by atoms with Gasteiger partial charge >= 0.3 is 0 Å². The summed E-state index contributed by atoms with van der Waals surface area (Å²) in [6, 6.07) is 4.16. The molecule has 1 saturated heterocycles. The smallest absolute Gasteiger partial charge is 0.185 e. The minimum Gasteiger partial charge on any atom is -0.399 e. The van der Waals surface area contributed by atoms with Crippen LogP contribution in [-0.2, 0) is 9.84 Å². The monoisotopic (exact) mass is 311 g/mol. The Bertz CT molecular complexity index is 760. The molecule has 1 aromatic carbocycles. The Labute approximate surface area is 120 Å². The maximum atomic E-state index is 14.0. The SMILES string of the molecule is Nc1ccc(-c2nnnn2C2CCS(=O)(=O)CC2)c(F)c1. The minimum absolute atomic E-state index is 0.0984. The molecule has 21 heavy (non-hydrogen) atoms. The molecule has 2 heterocycles. The molecule has 0 radical (unpaired) electrons. The van der Waals surface area contributed by atoms with E-state index in [1.807, 2.05) is 0 Å². The Morgan fingerprint density at radius 3 is 2.67 bits per heavy atom. The fourth-order valence-electron chi connectivity index (χ4n) is 2.45. The highest BCUT2D eigenvalue weighted by Crippen LogP contribution is 2.29. The largest absolute Gasteiger partial charge is 0.399 e. The molecule has 1 aliphatic rings. The van der Waals surface area contributed by atoms with Crippen molar-refractivity contribution in [3.05, 3.63) is 24.0 Å². The number of rotatable bonds is 2. The number of tetrazole rings is 1. The molecule has 0 bridgehead atoms. The summed E-state index contributed by atoms with van der Waals surface area (Å²) in [5, 5.41) is 11.3. The number of nitrogen functional groups attached to an aromatic ring is 1. The van der Waals surface area contributed by atoms with Gasteiger partial charge in [-0.05, 0) is 41.5 Å². The van der Waals surface area contributed by atoms with Crippen molar-refractivity contribution in [2.75, 3.05) is 17.2 Å². The van der Waals surface area contributed by atoms with Gasteiger partial charge in [0.05, 0.1) is 23.1 Å². The van der Waals surface area contributed by atoms with Crippen molar-refractivity contribution in [3.8, 4) is 11.4 Å². The molecule has 2 N–H and O–H groups in total. The topological polar surface area (TPSA) is 104 Å². The second-order valence-electron chi connectivity index (χ2n) is 5.07. The summed E-state index contributed by atoms with van der Waals surface area (Å²) in [6.07, 6.45) is 0.855. The molecule has 1 aromatic heterocycles. The van der Waals surface area contributed by atoms with Gasteiger partial charge in [0.2, 0.25) is 0 Å². The molecule has 1 fully saturated rings. The van der Waals surface area contributed by atoms with Gasteiger partial charge in [-0.25, -0.2) is 17.5 Å². The molecule has 7 nitrogen and oxygen atoms in total. The van der Waals surface area contributed by atoms with E-state index >= 15 is 0 Å². The van der Waals surface area contributed by atoms with Crippen LogP contribution in [0.15, 0.2) is 18.2 Å². The van der Waals surface area contributed by atoms with Crippen molar-refractivity contribution in [2.45, 2.75) is 18.9 Å². The van der Waals surface area contributed by atoms with Crippen LogP contribution in [0.5, 0.6) is 0 Å². The van der Waals surface area contributed by atoms with Crippen LogP contribution in [0.1, 0.15) is 18.9 Å². The molecule has 0 amide bonds. The zero-order valence-electron chi connectivity index (χ0n) is 11.1. The molecule has 112 valence electrons. The summed E-state index contributed by atoms with van der Waals surface area (Å²) in [4.78, 5) is 0. The van der Waals surface area contributed by atoms with Crippen LogP contribution in [-0.4, -0.2) is 40.1 Å². The van der Waals surface area contributed by atoms with Crippen molar-refractivity contribution in [1.29, 1.82) is 0 Å². The van der Waals surface area contributed by atoms with Gasteiger partial charge in [-0.3, -0.25) is 0 Å². The van der Waals surface area contributed by atoms with Crippen LogP contribution >= 0.6 is 0 Å². The van der Waals surface area contributed by atoms with E-state index in [0.717, 1.165) is 0 Å². The van der Waals surface area contributed by atoms with Gasteiger partial charge in [0, 0.05) is 5.69 Å². The molecule has 1 aliphatic heterocycles. The number of aromatic nitrogens is 4. The molecule has 0 atom stereocenters. The second kappa shape index (κ2) is 5.06. The van der Waals surface area contributed by atoms with Gasteiger partial charge in [0.1, 0.15) is 15.7 Å². The van der Waals surface area contributed by atoms with E-state index in [4.69, 9.17) is 5.73 Å². The first-order valence-corrected chi connectivity index (χ1v) is 8.32. The maximum Gasteiger partial charge on any atom is 0.185 e. The predicted molar refractivity (Wildman–Crippen MR) is 74.5 cm³/mol. The standard InChI is InChI=1S/C12H14FN5O2S/c13-11-7-8(14)1-2-10(11)12-15-16-17-18(12)9-3-5-21(19,20)6-4-9/h1-2,7,9H,3-6,14H2. The zero-order chi connectivity index (χ0) is 15.0. The van der Waals surface area contributed by atoms with Crippen LogP contribution < -0.4 is 5.73 Å². The Balaban J connectivity index is 1.94. The van der Waals surface area contributed by atoms with Crippen molar-refractivity contribution in [3.63, 3.8) is 0 Å². The fourth-order valence-corrected chi connectivity index (χ4v) is 3.92. The van der Waals surface area contributed by atoms with E-state index < -0.39 is 15.7 Å². The Hall–Kier alpha value is -2.03. The fraction of sp³-hybridized carbons (Fsp3) is 0.417. The number of nitrogens with zero attached hydrogens (tertiary/aromatic N) is 4. The lowest BCUT2D eigenvalue weighted by molar-refractivity contribution is 0.407. The van der Waals surface area contributed by atoms with Gasteiger partial charge in [-0.1, -0.05) is 0 Å². The first-order chi connectivity index (χ1) is 9.96. The summed E-state index contributed by atoms with van der Waals surface area (Å²) >= 11 is 0. The average Bonchev–Trinajstić information content (AvgIpc) is 2.88. The quantitative estimate of drug-likeness (QED) is 0.823. The van der Waals surface area contributed by atoms with Crippen molar-refractivity contribution in [2.24, 2.45) is 0 Å². The molecular formula is C12H14FN5O2S. The molecule has 9 heteroatoms. The van der Waals surface area contributed by atoms with Gasteiger partial charge in [-0.2, -0.15) is 0 Å². The summed E-state index contributed by atoms with van der Waals surface area (Å²) in [5.41, 5.74) is 6.10. The number of sulfone groups is 1. The van der Waals surface area contributed by atoms with E-state index in [2.05, 4.69) is 15.5 Å². The second-order valence-corrected chi connectivity index (χ2v) is 7.37. The zero-order valence-corrected chi connectivity index (χ0v) is 11.9. The number of hydrogen-bond donors (Lipinski definition) is 1. The number of halogens is 1. The highest BCUT2D eigenvalue weighted by molar-refractivity contribution is 7.91. The normalized spacial score (nSPS) is 18.7. The number of anilines is 1. The predicted octanol–water partition coefficient (Wildman–Crippen LogP) is 0.811. The summed E-state index contributed by atoms with van der Waals surface area (Å²) in [5.74, 6) is -0.0196. The molecule has 3 rings (SSSR count). The van der Waals surface area contributed by atoms with Crippen molar-refractivity contribution in [1.82, 2.24) is 20.2 Å². The molecule has 0 aliphatic carbocycles. The lowest BCUT2D eigenvalue weighted by Gasteiger charge is -2.22. The van der Waals surface area contributed by atoms with E-state index in [9.17, 15) is 12.8 Å². The third kappa shape index (κ3) is 2.73. The molecule has 2 aromatic rings. The summed E-state index contributed by atoms with van der Waals surface area (Å²) in [6.45, 7) is 0. The van der Waals surface area contributed by atoms with E-state index in [-0.39, 0.29) is 28.9 Å². The summed E-state index contributed by atoms with van der Waals surface area (Å²) in [7, 11) is -2.97. The van der Waals surface area contributed by atoms with E-state index in [0.29, 0.717) is 18.5 Å². The van der Waals surface area contributed by atoms with Crippen molar-refractivity contribution >= 4 is 15.5 Å². The minimum atomic E-state index is -2.97. The van der Waals surface area contributed by atoms with Crippen LogP contribution in [0.2, 0.25) is 0 Å². The number of hydrogen-bond acceptors (Lipinski definition) is 6. The highest BCUT2D eigenvalue weighted by atomic mass is 32.2. The van der Waals surface area contributed by atoms with E-state index in [1.165, 1.54) is 16.8 Å². The van der Waals surface area contributed by atoms with Gasteiger partial charge in [0.15, 0.2) is 5.82 Å². The number of benzene rings is 1. The lowest BCUT2D eigenvalue weighted by atomic mass is 10.1. The van der Waals surface area contributed by atoms with Crippen LogP contribution in [0, 0.1) is 5.82 Å². The van der Waals surface area contributed by atoms with Gasteiger partial charge < -0.3 is 5.73 Å². The maximum absolute atomic E-state index is 14.0. The Morgan fingerprint density at radius 1 is 1.29 bits per heavy atom. The Morgan fingerprint density at radius 2 is 2.00 bits per heavy atom. The first-order valence-electron chi connectivity index (χ1n) is 6.50. The lowest BCUT2D eigenvalue weighted by Crippen LogP contribution is -2.26. The van der Waals surface area contributed by atoms with Crippen LogP contribution in [0.25, 0.3) is 11.4 Å². The molecule has 0 spiro atoms. The van der Waals surface area contributed by atoms with Crippen LogP contribution in [0.4, 0.5) is 10.1 Å². The third-order valence-electron chi connectivity index (χ3n) is 3.60. The average molecular weight is 311 g/mol. The summed E-state index contributed by atoms with van der Waals surface area (Å²) < 4.78 is 38.5. The number of nitrogens with two attached hydrogens (primary N) is 1. The van der Waals surface area contributed by atoms with Gasteiger partial charge in [0.25, 0.3) is 0 Å². The molecular weight excluding hydrogens is 297 g/mol. The third-order valence-corrected chi connectivity index (χ3v) is 5.31. The highest BCUT2D eigenvalue weighted by Gasteiger charge is 2.28. The van der Waals surface area contributed by atoms with E-state index in [1.54, 1.807) is 6.07 Å². The molecule has 0 unspecified atom stereocenters. The van der Waals surface area contributed by atoms with Gasteiger partial charge in [-0.15, -0.1) is 5.10 Å².